The van der Waals surface area contributed by atoms with E-state index in [1.807, 2.05) is 0 Å². The summed E-state index contributed by atoms with van der Waals surface area (Å²) in [4.78, 5) is 11.9. The molecule has 110 valence electrons. The fourth-order valence-electron chi connectivity index (χ4n) is 2.38. The fourth-order valence-corrected chi connectivity index (χ4v) is 3.45. The van der Waals surface area contributed by atoms with Gasteiger partial charge in [0.1, 0.15) is 4.90 Å². The van der Waals surface area contributed by atoms with Gasteiger partial charge in [-0.2, -0.15) is 0 Å². The van der Waals surface area contributed by atoms with Crippen LogP contribution in [0, 0.1) is 0 Å². The second-order valence-corrected chi connectivity index (χ2v) is 6.94. The number of rotatable bonds is 3. The second-order valence-electron chi connectivity index (χ2n) is 5.00. The average molecular weight is 317 g/mol. The lowest BCUT2D eigenvalue weighted by Gasteiger charge is -2.22. The molecular weight excluding hydrogens is 300 g/mol. The first kappa shape index (κ1) is 15.3. The number of nitrogens with two attached hydrogens (primary N) is 1. The molecule has 1 aromatic rings. The van der Waals surface area contributed by atoms with E-state index in [9.17, 15) is 13.2 Å². The Labute approximate surface area is 123 Å². The zero-order chi connectivity index (χ0) is 14.8. The molecule has 0 spiro atoms. The van der Waals surface area contributed by atoms with Crippen molar-refractivity contribution in [2.45, 2.75) is 43.0 Å². The Bertz CT molecular complexity index is 610. The summed E-state index contributed by atoms with van der Waals surface area (Å²) in [6, 6.07) is 4.24. The fraction of sp³-hybridized carbons (Fsp3) is 0.462. The molecular formula is C13H17ClN2O3S. The first-order valence-corrected chi connectivity index (χ1v) is 8.43. The van der Waals surface area contributed by atoms with E-state index in [1.165, 1.54) is 24.6 Å². The minimum Gasteiger partial charge on any atom is -0.349 e. The minimum absolute atomic E-state index is 0.0155. The number of primary sulfonamides is 1. The van der Waals surface area contributed by atoms with E-state index in [-0.39, 0.29) is 27.4 Å². The molecule has 1 aromatic carbocycles. The monoisotopic (exact) mass is 316 g/mol. The number of sulfonamides is 1. The molecule has 1 fully saturated rings. The van der Waals surface area contributed by atoms with Crippen LogP contribution in [-0.2, 0) is 10.0 Å². The first-order valence-electron chi connectivity index (χ1n) is 6.51. The summed E-state index contributed by atoms with van der Waals surface area (Å²) in [6.45, 7) is 0. The zero-order valence-electron chi connectivity index (χ0n) is 10.9. The highest BCUT2D eigenvalue weighted by molar-refractivity contribution is 7.89. The highest BCUT2D eigenvalue weighted by Crippen LogP contribution is 2.22. The Hall–Kier alpha value is -1.11. The topological polar surface area (TPSA) is 89.3 Å². The van der Waals surface area contributed by atoms with Gasteiger partial charge in [-0.15, -0.1) is 0 Å². The third-order valence-corrected chi connectivity index (χ3v) is 4.83. The van der Waals surface area contributed by atoms with Gasteiger partial charge in [-0.25, -0.2) is 13.6 Å². The minimum atomic E-state index is -3.93. The largest absolute Gasteiger partial charge is 0.349 e. The van der Waals surface area contributed by atoms with Crippen LogP contribution >= 0.6 is 11.6 Å². The summed E-state index contributed by atoms with van der Waals surface area (Å²) >= 11 is 5.79. The van der Waals surface area contributed by atoms with Gasteiger partial charge in [0.15, 0.2) is 0 Å². The van der Waals surface area contributed by atoms with Crippen molar-refractivity contribution in [1.29, 1.82) is 0 Å². The molecule has 1 amide bonds. The molecule has 2 rings (SSSR count). The van der Waals surface area contributed by atoms with Crippen molar-refractivity contribution in [3.8, 4) is 0 Å². The van der Waals surface area contributed by atoms with Crippen LogP contribution in [0.3, 0.4) is 0 Å². The van der Waals surface area contributed by atoms with Crippen LogP contribution in [-0.4, -0.2) is 20.4 Å². The number of nitrogens with one attached hydrogen (secondary N) is 1. The first-order chi connectivity index (χ1) is 9.38. The van der Waals surface area contributed by atoms with Crippen LogP contribution < -0.4 is 10.5 Å². The number of hydrogen-bond acceptors (Lipinski definition) is 3. The van der Waals surface area contributed by atoms with Gasteiger partial charge in [-0.1, -0.05) is 30.9 Å². The van der Waals surface area contributed by atoms with Gasteiger partial charge in [0.2, 0.25) is 10.0 Å². The lowest BCUT2D eigenvalue weighted by Crippen LogP contribution is -2.36. The Morgan fingerprint density at radius 1 is 1.25 bits per heavy atom. The molecule has 0 aromatic heterocycles. The maximum atomic E-state index is 12.1. The number of benzene rings is 1. The quantitative estimate of drug-likeness (QED) is 0.894. The predicted octanol–water partition coefficient (Wildman–Crippen LogP) is 2.05. The van der Waals surface area contributed by atoms with Crippen LogP contribution in [0.5, 0.6) is 0 Å². The molecule has 0 radical (unpaired) electrons. The van der Waals surface area contributed by atoms with E-state index in [1.54, 1.807) is 0 Å². The summed E-state index contributed by atoms with van der Waals surface area (Å²) in [5, 5.41) is 8.00. The summed E-state index contributed by atoms with van der Waals surface area (Å²) in [7, 11) is -3.93. The molecule has 0 unspecified atom stereocenters. The Morgan fingerprint density at radius 2 is 1.90 bits per heavy atom. The number of carbonyl (C=O) groups is 1. The summed E-state index contributed by atoms with van der Waals surface area (Å²) in [5.41, 5.74) is 0.254. The van der Waals surface area contributed by atoms with Crippen molar-refractivity contribution in [3.63, 3.8) is 0 Å². The zero-order valence-corrected chi connectivity index (χ0v) is 12.5. The molecule has 0 saturated heterocycles. The number of amides is 1. The van der Waals surface area contributed by atoms with Gasteiger partial charge < -0.3 is 5.32 Å². The van der Waals surface area contributed by atoms with Crippen molar-refractivity contribution in [3.05, 3.63) is 28.8 Å². The van der Waals surface area contributed by atoms with E-state index in [2.05, 4.69) is 5.32 Å². The molecule has 7 heteroatoms. The van der Waals surface area contributed by atoms with E-state index < -0.39 is 10.0 Å². The van der Waals surface area contributed by atoms with Gasteiger partial charge in [0, 0.05) is 11.6 Å². The van der Waals surface area contributed by atoms with Crippen molar-refractivity contribution in [2.24, 2.45) is 5.14 Å². The van der Waals surface area contributed by atoms with E-state index in [0.29, 0.717) is 0 Å². The maximum Gasteiger partial charge on any atom is 0.251 e. The third kappa shape index (κ3) is 3.71. The summed E-state index contributed by atoms with van der Waals surface area (Å²) in [6.07, 6.45) is 5.33. The molecule has 1 aliphatic carbocycles. The van der Waals surface area contributed by atoms with Gasteiger partial charge in [0.05, 0.1) is 5.02 Å². The maximum absolute atomic E-state index is 12.1. The molecule has 1 aliphatic rings. The lowest BCUT2D eigenvalue weighted by atomic mass is 9.95. The van der Waals surface area contributed by atoms with Crippen LogP contribution in [0.1, 0.15) is 42.5 Å². The Kier molecular flexibility index (Phi) is 4.67. The second kappa shape index (κ2) is 6.11. The van der Waals surface area contributed by atoms with Gasteiger partial charge in [0.25, 0.3) is 5.91 Å². The van der Waals surface area contributed by atoms with Crippen LogP contribution in [0.25, 0.3) is 0 Å². The van der Waals surface area contributed by atoms with Gasteiger partial charge >= 0.3 is 0 Å². The third-order valence-electron chi connectivity index (χ3n) is 3.44. The Balaban J connectivity index is 2.18. The van der Waals surface area contributed by atoms with E-state index in [0.717, 1.165) is 25.7 Å². The molecule has 3 N–H and O–H groups in total. The SMILES string of the molecule is NS(=O)(=O)c1cc(C(=O)NC2CCCCC2)ccc1Cl. The Morgan fingerprint density at radius 3 is 2.50 bits per heavy atom. The summed E-state index contributed by atoms with van der Waals surface area (Å²) < 4.78 is 22.8. The normalized spacial score (nSPS) is 16.9. The average Bonchev–Trinajstić information content (AvgIpc) is 2.39. The number of carbonyl (C=O) groups excluding carboxylic acids is 1. The highest BCUT2D eigenvalue weighted by atomic mass is 35.5. The predicted molar refractivity (Wildman–Crippen MR) is 77.2 cm³/mol. The summed E-state index contributed by atoms with van der Waals surface area (Å²) in [5.74, 6) is -0.293. The molecule has 0 bridgehead atoms. The van der Waals surface area contributed by atoms with Crippen molar-refractivity contribution >= 4 is 27.5 Å². The van der Waals surface area contributed by atoms with E-state index in [4.69, 9.17) is 16.7 Å². The standard InChI is InChI=1S/C13H17ClN2O3S/c14-11-7-6-9(8-12(11)20(15,18)19)13(17)16-10-4-2-1-3-5-10/h6-8,10H,1-5H2,(H,16,17)(H2,15,18,19). The number of halogens is 1. The van der Waals surface area contributed by atoms with Crippen molar-refractivity contribution in [1.82, 2.24) is 5.32 Å². The van der Waals surface area contributed by atoms with Gasteiger partial charge in [-0.05, 0) is 31.0 Å². The smallest absolute Gasteiger partial charge is 0.251 e. The van der Waals surface area contributed by atoms with Crippen molar-refractivity contribution < 1.29 is 13.2 Å². The van der Waals surface area contributed by atoms with Crippen LogP contribution in [0.4, 0.5) is 0 Å². The van der Waals surface area contributed by atoms with Crippen LogP contribution in [0.2, 0.25) is 5.02 Å². The lowest BCUT2D eigenvalue weighted by molar-refractivity contribution is 0.0927. The molecule has 5 nitrogen and oxygen atoms in total. The van der Waals surface area contributed by atoms with Gasteiger partial charge in [-0.3, -0.25) is 4.79 Å². The molecule has 0 heterocycles. The molecule has 20 heavy (non-hydrogen) atoms. The number of hydrogen-bond donors (Lipinski definition) is 2. The van der Waals surface area contributed by atoms with Crippen molar-refractivity contribution in [2.75, 3.05) is 0 Å². The molecule has 0 atom stereocenters. The van der Waals surface area contributed by atoms with E-state index >= 15 is 0 Å². The van der Waals surface area contributed by atoms with Crippen LogP contribution in [0.15, 0.2) is 23.1 Å². The highest BCUT2D eigenvalue weighted by Gasteiger charge is 2.19. The molecule has 1 saturated carbocycles. The molecule has 0 aliphatic heterocycles.